The molecule has 2 aliphatic rings. The van der Waals surface area contributed by atoms with Crippen LogP contribution in [0.3, 0.4) is 0 Å². The molecule has 2 amide bonds. The Hall–Kier alpha value is -3.35. The number of aromatic nitrogens is 2. The van der Waals surface area contributed by atoms with Gasteiger partial charge in [-0.25, -0.2) is 0 Å². The number of hydrogen-bond donors (Lipinski definition) is 1. The zero-order chi connectivity index (χ0) is 24.6. The molecule has 7 heteroatoms. The highest BCUT2D eigenvalue weighted by molar-refractivity contribution is 6.12. The minimum Gasteiger partial charge on any atom is -0.463 e. The van der Waals surface area contributed by atoms with Crippen molar-refractivity contribution in [3.05, 3.63) is 59.5 Å². The van der Waals surface area contributed by atoms with Crippen molar-refractivity contribution >= 4 is 17.5 Å². The first kappa shape index (κ1) is 23.4. The maximum Gasteiger partial charge on any atom is 0.277 e. The van der Waals surface area contributed by atoms with Gasteiger partial charge in [-0.05, 0) is 57.4 Å². The van der Waals surface area contributed by atoms with Gasteiger partial charge in [0.2, 0.25) is 5.91 Å². The molecule has 184 valence electrons. The number of amides is 2. The molecular formula is C28H34N4O3. The number of benzene rings is 1. The van der Waals surface area contributed by atoms with Crippen LogP contribution in [-0.4, -0.2) is 33.2 Å². The first-order valence-corrected chi connectivity index (χ1v) is 12.7. The fourth-order valence-electron chi connectivity index (χ4n) is 5.50. The van der Waals surface area contributed by atoms with Crippen LogP contribution in [0.4, 0.5) is 5.69 Å². The smallest absolute Gasteiger partial charge is 0.277 e. The molecule has 0 saturated heterocycles. The number of rotatable bonds is 4. The third-order valence-corrected chi connectivity index (χ3v) is 7.45. The van der Waals surface area contributed by atoms with E-state index in [1.165, 1.54) is 19.3 Å². The van der Waals surface area contributed by atoms with Gasteiger partial charge in [-0.1, -0.05) is 49.8 Å². The monoisotopic (exact) mass is 474 g/mol. The maximum absolute atomic E-state index is 14.0. The maximum atomic E-state index is 14.0. The molecule has 5 rings (SSSR count). The van der Waals surface area contributed by atoms with Gasteiger partial charge in [-0.15, -0.1) is 0 Å². The summed E-state index contributed by atoms with van der Waals surface area (Å²) in [6.07, 6.45) is 9.49. The molecule has 1 fully saturated rings. The van der Waals surface area contributed by atoms with E-state index in [0.29, 0.717) is 17.1 Å². The summed E-state index contributed by atoms with van der Waals surface area (Å²) in [5.74, 6) is 0.236. The van der Waals surface area contributed by atoms with E-state index in [1.807, 2.05) is 39.0 Å². The molecule has 0 unspecified atom stereocenters. The topological polar surface area (TPSA) is 80.4 Å². The van der Waals surface area contributed by atoms with Crippen molar-refractivity contribution in [2.75, 3.05) is 4.90 Å². The molecule has 0 spiro atoms. The zero-order valence-corrected chi connectivity index (χ0v) is 20.8. The fraction of sp³-hybridized carbons (Fsp3) is 0.464. The predicted molar refractivity (Wildman–Crippen MR) is 135 cm³/mol. The number of aryl methyl sites for hydroxylation is 2. The van der Waals surface area contributed by atoms with Crippen LogP contribution < -0.4 is 10.2 Å². The average molecular weight is 475 g/mol. The molecule has 1 aliphatic heterocycles. The van der Waals surface area contributed by atoms with E-state index in [1.54, 1.807) is 28.0 Å². The molecule has 35 heavy (non-hydrogen) atoms. The lowest BCUT2D eigenvalue weighted by Gasteiger charge is -2.44. The van der Waals surface area contributed by atoms with Crippen molar-refractivity contribution < 1.29 is 14.0 Å². The summed E-state index contributed by atoms with van der Waals surface area (Å²) in [6, 6.07) is 11.5. The molecule has 0 bridgehead atoms. The Morgan fingerprint density at radius 1 is 1.09 bits per heavy atom. The first-order valence-electron chi connectivity index (χ1n) is 12.7. The standard InChI is InChI=1S/C28H34N4O3/c1-19-13-14-23(20(2)16-19)32-26(33)24-17-22(25-12-9-15-35-25)30-31(24)18-28(32,3)27(34)29-21-10-7-5-4-6-8-11-21/h9,12-17,21H,4-8,10-11,18H2,1-3H3,(H,29,34)/t28-/m1/s1. The Balaban J connectivity index is 1.55. The Bertz CT molecular complexity index is 1220. The number of carbonyl (C=O) groups is 2. The lowest BCUT2D eigenvalue weighted by molar-refractivity contribution is -0.127. The summed E-state index contributed by atoms with van der Waals surface area (Å²) in [4.78, 5) is 29.7. The highest BCUT2D eigenvalue weighted by Gasteiger charge is 2.49. The van der Waals surface area contributed by atoms with E-state index >= 15 is 0 Å². The minimum atomic E-state index is -1.13. The number of nitrogens with one attached hydrogen (secondary N) is 1. The van der Waals surface area contributed by atoms with Crippen molar-refractivity contribution in [2.24, 2.45) is 0 Å². The summed E-state index contributed by atoms with van der Waals surface area (Å²) < 4.78 is 7.18. The van der Waals surface area contributed by atoms with E-state index in [4.69, 9.17) is 4.42 Å². The third-order valence-electron chi connectivity index (χ3n) is 7.45. The highest BCUT2D eigenvalue weighted by atomic mass is 16.3. The Kier molecular flexibility index (Phi) is 6.26. The lowest BCUT2D eigenvalue weighted by Crippen LogP contribution is -2.65. The van der Waals surface area contributed by atoms with Crippen LogP contribution in [0.2, 0.25) is 0 Å². The van der Waals surface area contributed by atoms with E-state index in [9.17, 15) is 9.59 Å². The fourth-order valence-corrected chi connectivity index (χ4v) is 5.50. The van der Waals surface area contributed by atoms with Crippen molar-refractivity contribution in [2.45, 2.75) is 83.8 Å². The van der Waals surface area contributed by atoms with Crippen molar-refractivity contribution in [3.8, 4) is 11.5 Å². The molecule has 7 nitrogen and oxygen atoms in total. The predicted octanol–water partition coefficient (Wildman–Crippen LogP) is 5.41. The largest absolute Gasteiger partial charge is 0.463 e. The van der Waals surface area contributed by atoms with Gasteiger partial charge >= 0.3 is 0 Å². The third kappa shape index (κ3) is 4.40. The number of fused-ring (bicyclic) bond motifs is 1. The first-order chi connectivity index (χ1) is 16.9. The van der Waals surface area contributed by atoms with Crippen LogP contribution in [0.1, 0.15) is 73.5 Å². The molecule has 1 aliphatic carbocycles. The second-order valence-electron chi connectivity index (χ2n) is 10.3. The van der Waals surface area contributed by atoms with Gasteiger partial charge in [0, 0.05) is 17.8 Å². The van der Waals surface area contributed by atoms with Crippen LogP contribution in [0.15, 0.2) is 47.1 Å². The molecule has 3 aromatic rings. The van der Waals surface area contributed by atoms with Crippen molar-refractivity contribution in [1.29, 1.82) is 0 Å². The molecular weight excluding hydrogens is 440 g/mol. The zero-order valence-electron chi connectivity index (χ0n) is 20.8. The Labute approximate surface area is 206 Å². The van der Waals surface area contributed by atoms with Crippen LogP contribution in [0.25, 0.3) is 11.5 Å². The summed E-state index contributed by atoms with van der Waals surface area (Å²) in [7, 11) is 0. The molecule has 1 aromatic carbocycles. The Morgan fingerprint density at radius 3 is 2.51 bits per heavy atom. The van der Waals surface area contributed by atoms with E-state index in [0.717, 1.165) is 42.5 Å². The Morgan fingerprint density at radius 2 is 1.83 bits per heavy atom. The number of furan rings is 1. The number of hydrogen-bond acceptors (Lipinski definition) is 4. The number of nitrogens with zero attached hydrogens (tertiary/aromatic N) is 3. The van der Waals surface area contributed by atoms with Crippen LogP contribution in [-0.2, 0) is 11.3 Å². The molecule has 1 N–H and O–H groups in total. The normalized spacial score (nSPS) is 21.3. The quantitative estimate of drug-likeness (QED) is 0.548. The minimum absolute atomic E-state index is 0.128. The van der Waals surface area contributed by atoms with Gasteiger partial charge in [-0.2, -0.15) is 5.10 Å². The van der Waals surface area contributed by atoms with Crippen molar-refractivity contribution in [1.82, 2.24) is 15.1 Å². The van der Waals surface area contributed by atoms with E-state index < -0.39 is 5.54 Å². The van der Waals surface area contributed by atoms with Crippen LogP contribution >= 0.6 is 0 Å². The van der Waals surface area contributed by atoms with Gasteiger partial charge in [0.25, 0.3) is 5.91 Å². The molecule has 2 aromatic heterocycles. The van der Waals surface area contributed by atoms with E-state index in [2.05, 4.69) is 16.5 Å². The lowest BCUT2D eigenvalue weighted by atomic mass is 9.91. The van der Waals surface area contributed by atoms with Gasteiger partial charge in [0.1, 0.15) is 16.9 Å². The second-order valence-corrected chi connectivity index (χ2v) is 10.3. The summed E-state index contributed by atoms with van der Waals surface area (Å²) in [5.41, 5.74) is 2.74. The number of carbonyl (C=O) groups excluding carboxylic acids is 2. The summed E-state index contributed by atoms with van der Waals surface area (Å²) >= 11 is 0. The molecule has 0 radical (unpaired) electrons. The number of anilines is 1. The molecule has 1 saturated carbocycles. The van der Waals surface area contributed by atoms with Gasteiger partial charge in [0.15, 0.2) is 5.76 Å². The summed E-state index contributed by atoms with van der Waals surface area (Å²) in [5, 5.41) is 7.98. The van der Waals surface area contributed by atoms with Crippen molar-refractivity contribution in [3.63, 3.8) is 0 Å². The second kappa shape index (κ2) is 9.36. The average Bonchev–Trinajstić information content (AvgIpc) is 3.47. The SMILES string of the molecule is Cc1ccc(N2C(=O)c3cc(-c4ccco4)nn3C[C@]2(C)C(=O)NC2CCCCCCC2)c(C)c1. The van der Waals surface area contributed by atoms with E-state index in [-0.39, 0.29) is 24.4 Å². The molecule has 1 atom stereocenters. The van der Waals surface area contributed by atoms with Gasteiger partial charge in [-0.3, -0.25) is 19.2 Å². The van der Waals surface area contributed by atoms with Gasteiger partial charge in [0.05, 0.1) is 12.8 Å². The molecule has 3 heterocycles. The summed E-state index contributed by atoms with van der Waals surface area (Å²) in [6.45, 7) is 6.14. The van der Waals surface area contributed by atoms with Gasteiger partial charge < -0.3 is 9.73 Å². The highest BCUT2D eigenvalue weighted by Crippen LogP contribution is 2.36. The van der Waals surface area contributed by atoms with Crippen LogP contribution in [0, 0.1) is 13.8 Å². The van der Waals surface area contributed by atoms with Crippen LogP contribution in [0.5, 0.6) is 0 Å².